The van der Waals surface area contributed by atoms with Gasteiger partial charge in [-0.05, 0) is 36.0 Å². The fourth-order valence-electron chi connectivity index (χ4n) is 3.36. The van der Waals surface area contributed by atoms with E-state index in [2.05, 4.69) is 63.0 Å². The molecule has 0 amide bonds. The first-order valence-corrected chi connectivity index (χ1v) is 7.42. The van der Waals surface area contributed by atoms with E-state index in [1.165, 1.54) is 16.7 Å². The van der Waals surface area contributed by atoms with Crippen LogP contribution in [0.5, 0.6) is 0 Å². The molecule has 1 aromatic rings. The van der Waals surface area contributed by atoms with Gasteiger partial charge in [-0.15, -0.1) is 24.8 Å². The van der Waals surface area contributed by atoms with Gasteiger partial charge in [-0.25, -0.2) is 0 Å². The Bertz CT molecular complexity index is 415. The predicted octanol–water partition coefficient (Wildman–Crippen LogP) is 4.14. The number of rotatable bonds is 2. The highest BCUT2D eigenvalue weighted by atomic mass is 35.5. The fraction of sp³-hybridized carbons (Fsp3) is 0.647. The normalized spacial score (nSPS) is 17.6. The summed E-state index contributed by atoms with van der Waals surface area (Å²) < 4.78 is 0. The Hall–Kier alpha value is -0.280. The summed E-state index contributed by atoms with van der Waals surface area (Å²) in [6.07, 6.45) is 0. The lowest BCUT2D eigenvalue weighted by Crippen LogP contribution is -2.48. The molecule has 1 aliphatic rings. The van der Waals surface area contributed by atoms with Crippen LogP contribution in [0, 0.1) is 19.3 Å². The van der Waals surface area contributed by atoms with E-state index >= 15 is 0 Å². The average Bonchev–Trinajstić information content (AvgIpc) is 2.33. The number of nitrogens with zero attached hydrogens (tertiary/aromatic N) is 1. The van der Waals surface area contributed by atoms with E-state index in [0.29, 0.717) is 6.04 Å². The molecule has 1 N–H and O–H groups in total. The second kappa shape index (κ2) is 8.38. The maximum Gasteiger partial charge on any atom is 0.0402 e. The summed E-state index contributed by atoms with van der Waals surface area (Å²) in [5.74, 6) is 0. The van der Waals surface area contributed by atoms with Crippen molar-refractivity contribution in [3.05, 3.63) is 34.9 Å². The molecule has 0 aromatic heterocycles. The highest BCUT2D eigenvalue weighted by Crippen LogP contribution is 2.40. The van der Waals surface area contributed by atoms with Crippen molar-refractivity contribution >= 4 is 24.8 Å². The minimum Gasteiger partial charge on any atom is -0.314 e. The lowest BCUT2D eigenvalue weighted by atomic mass is 9.78. The predicted molar refractivity (Wildman–Crippen MR) is 97.1 cm³/mol. The molecule has 1 aliphatic heterocycles. The zero-order valence-electron chi connectivity index (χ0n) is 13.9. The Morgan fingerprint density at radius 1 is 1.00 bits per heavy atom. The van der Waals surface area contributed by atoms with E-state index in [0.717, 1.165) is 26.2 Å². The van der Waals surface area contributed by atoms with Crippen molar-refractivity contribution in [3.63, 3.8) is 0 Å². The summed E-state index contributed by atoms with van der Waals surface area (Å²) >= 11 is 0. The van der Waals surface area contributed by atoms with E-state index in [4.69, 9.17) is 0 Å². The summed E-state index contributed by atoms with van der Waals surface area (Å²) in [4.78, 5) is 2.66. The number of benzene rings is 1. The van der Waals surface area contributed by atoms with Gasteiger partial charge in [0, 0.05) is 32.2 Å². The molecule has 4 heteroatoms. The standard InChI is InChI=1S/C17H28N2.2ClH/c1-13-7-6-8-14(2)15(13)16(17(3,4)5)19-11-9-18-10-12-19;;/h6-8,16,18H,9-12H2,1-5H3;2*1H/t16-;;/m0../s1. The van der Waals surface area contributed by atoms with Gasteiger partial charge in [-0.3, -0.25) is 4.90 Å². The quantitative estimate of drug-likeness (QED) is 0.875. The molecule has 1 aromatic carbocycles. The summed E-state index contributed by atoms with van der Waals surface area (Å²) in [5.41, 5.74) is 4.66. The molecule has 0 unspecified atom stereocenters. The van der Waals surface area contributed by atoms with Crippen LogP contribution in [0.15, 0.2) is 18.2 Å². The van der Waals surface area contributed by atoms with E-state index in [9.17, 15) is 0 Å². The molecule has 1 fully saturated rings. The monoisotopic (exact) mass is 332 g/mol. The van der Waals surface area contributed by atoms with Crippen LogP contribution in [0.1, 0.15) is 43.5 Å². The summed E-state index contributed by atoms with van der Waals surface area (Å²) in [6.45, 7) is 16.1. The molecule has 0 radical (unpaired) electrons. The molecule has 2 nitrogen and oxygen atoms in total. The molecule has 1 heterocycles. The van der Waals surface area contributed by atoms with E-state index in [1.807, 2.05) is 0 Å². The highest BCUT2D eigenvalue weighted by molar-refractivity contribution is 5.85. The van der Waals surface area contributed by atoms with E-state index in [-0.39, 0.29) is 30.2 Å². The first kappa shape index (κ1) is 20.7. The smallest absolute Gasteiger partial charge is 0.0402 e. The first-order chi connectivity index (χ1) is 8.91. The van der Waals surface area contributed by atoms with Gasteiger partial charge in [0.2, 0.25) is 0 Å². The Balaban J connectivity index is 0.00000200. The number of hydrogen-bond acceptors (Lipinski definition) is 2. The van der Waals surface area contributed by atoms with Crippen molar-refractivity contribution in [1.82, 2.24) is 10.2 Å². The Morgan fingerprint density at radius 2 is 1.48 bits per heavy atom. The Kier molecular flexibility index (Phi) is 8.27. The lowest BCUT2D eigenvalue weighted by molar-refractivity contribution is 0.0853. The Morgan fingerprint density at radius 3 is 1.90 bits per heavy atom. The van der Waals surface area contributed by atoms with Gasteiger partial charge in [-0.1, -0.05) is 39.0 Å². The van der Waals surface area contributed by atoms with Crippen LogP contribution in [0.4, 0.5) is 0 Å². The van der Waals surface area contributed by atoms with Gasteiger partial charge in [0.05, 0.1) is 0 Å². The third-order valence-corrected chi connectivity index (χ3v) is 4.15. The third kappa shape index (κ3) is 4.85. The van der Waals surface area contributed by atoms with Gasteiger partial charge in [0.15, 0.2) is 0 Å². The van der Waals surface area contributed by atoms with Crippen LogP contribution in [0.2, 0.25) is 0 Å². The van der Waals surface area contributed by atoms with Crippen molar-refractivity contribution < 1.29 is 0 Å². The van der Waals surface area contributed by atoms with Crippen molar-refractivity contribution in [3.8, 4) is 0 Å². The maximum atomic E-state index is 3.46. The topological polar surface area (TPSA) is 15.3 Å². The minimum atomic E-state index is 0. The second-order valence-corrected chi connectivity index (χ2v) is 6.86. The molecule has 1 atom stereocenters. The molecule has 2 rings (SSSR count). The van der Waals surface area contributed by atoms with E-state index < -0.39 is 0 Å². The van der Waals surface area contributed by atoms with Crippen molar-refractivity contribution in [2.75, 3.05) is 26.2 Å². The SMILES string of the molecule is Cc1cccc(C)c1[C@H](N1CCNCC1)C(C)(C)C.Cl.Cl. The van der Waals surface area contributed by atoms with Crippen molar-refractivity contribution in [1.29, 1.82) is 0 Å². The fourth-order valence-corrected chi connectivity index (χ4v) is 3.36. The number of halogens is 2. The van der Waals surface area contributed by atoms with Gasteiger partial charge >= 0.3 is 0 Å². The zero-order valence-corrected chi connectivity index (χ0v) is 15.5. The lowest BCUT2D eigenvalue weighted by Gasteiger charge is -2.43. The number of aryl methyl sites for hydroxylation is 2. The van der Waals surface area contributed by atoms with Gasteiger partial charge < -0.3 is 5.32 Å². The van der Waals surface area contributed by atoms with Crippen LogP contribution in [0.25, 0.3) is 0 Å². The van der Waals surface area contributed by atoms with Crippen LogP contribution in [-0.4, -0.2) is 31.1 Å². The minimum absolute atomic E-state index is 0. The van der Waals surface area contributed by atoms with Crippen LogP contribution >= 0.6 is 24.8 Å². The van der Waals surface area contributed by atoms with Crippen LogP contribution < -0.4 is 5.32 Å². The molecule has 122 valence electrons. The maximum absolute atomic E-state index is 3.46. The summed E-state index contributed by atoms with van der Waals surface area (Å²) in [6, 6.07) is 7.19. The molecular weight excluding hydrogens is 303 g/mol. The zero-order chi connectivity index (χ0) is 14.0. The molecular formula is C17H30Cl2N2. The third-order valence-electron chi connectivity index (χ3n) is 4.15. The Labute approximate surface area is 142 Å². The van der Waals surface area contributed by atoms with Gasteiger partial charge in [0.1, 0.15) is 0 Å². The molecule has 0 spiro atoms. The molecule has 21 heavy (non-hydrogen) atoms. The number of nitrogens with one attached hydrogen (secondary N) is 1. The highest BCUT2D eigenvalue weighted by Gasteiger charge is 2.34. The second-order valence-electron chi connectivity index (χ2n) is 6.86. The van der Waals surface area contributed by atoms with Gasteiger partial charge in [-0.2, -0.15) is 0 Å². The first-order valence-electron chi connectivity index (χ1n) is 7.42. The summed E-state index contributed by atoms with van der Waals surface area (Å²) in [5, 5.41) is 3.46. The largest absolute Gasteiger partial charge is 0.314 e. The molecule has 0 bridgehead atoms. The molecule has 0 aliphatic carbocycles. The van der Waals surface area contributed by atoms with Crippen LogP contribution in [-0.2, 0) is 0 Å². The van der Waals surface area contributed by atoms with Crippen LogP contribution in [0.3, 0.4) is 0 Å². The molecule has 1 saturated heterocycles. The molecule has 0 saturated carbocycles. The van der Waals surface area contributed by atoms with Crippen molar-refractivity contribution in [2.24, 2.45) is 5.41 Å². The average molecular weight is 333 g/mol. The number of piperazine rings is 1. The van der Waals surface area contributed by atoms with E-state index in [1.54, 1.807) is 0 Å². The summed E-state index contributed by atoms with van der Waals surface area (Å²) in [7, 11) is 0. The number of hydrogen-bond donors (Lipinski definition) is 1. The van der Waals surface area contributed by atoms with Gasteiger partial charge in [0.25, 0.3) is 0 Å². The van der Waals surface area contributed by atoms with Crippen molar-refractivity contribution in [2.45, 2.75) is 40.7 Å².